The molecule has 1 amide bonds. The van der Waals surface area contributed by atoms with E-state index in [0.29, 0.717) is 25.0 Å². The molecule has 4 heterocycles. The highest BCUT2D eigenvalue weighted by molar-refractivity contribution is 7.18. The van der Waals surface area contributed by atoms with Crippen LogP contribution in [0.15, 0.2) is 77.3 Å². The lowest BCUT2D eigenvalue weighted by atomic mass is 9.84. The van der Waals surface area contributed by atoms with Crippen molar-refractivity contribution in [2.24, 2.45) is 0 Å². The first-order valence-electron chi connectivity index (χ1n) is 12.1. The van der Waals surface area contributed by atoms with Crippen LogP contribution >= 0.6 is 11.3 Å². The van der Waals surface area contributed by atoms with Gasteiger partial charge in [0.2, 0.25) is 0 Å². The number of aliphatic hydroxyl groups is 1. The van der Waals surface area contributed by atoms with Crippen LogP contribution < -0.4 is 5.32 Å². The molecule has 1 fully saturated rings. The van der Waals surface area contributed by atoms with Gasteiger partial charge in [-0.05, 0) is 60.9 Å². The first kappa shape index (κ1) is 22.8. The SMILES string of the molecule is O=C(NCc1nc2ccccc2s1)c1cc2cc(C3(O)CCN(Cc4ccccn4)CC3)ccc2o1. The highest BCUT2D eigenvalue weighted by Gasteiger charge is 2.34. The van der Waals surface area contributed by atoms with Crippen molar-refractivity contribution in [3.05, 3.63) is 95.0 Å². The number of rotatable bonds is 6. The molecule has 1 aliphatic rings. The molecule has 0 spiro atoms. The number of carbonyl (C=O) groups is 1. The maximum atomic E-state index is 12.8. The van der Waals surface area contributed by atoms with E-state index in [0.717, 1.165) is 51.5 Å². The van der Waals surface area contributed by atoms with E-state index < -0.39 is 5.60 Å². The molecule has 8 heteroatoms. The molecule has 0 radical (unpaired) electrons. The number of piperidine rings is 1. The second kappa shape index (κ2) is 9.46. The fourth-order valence-corrected chi connectivity index (χ4v) is 5.68. The lowest BCUT2D eigenvalue weighted by molar-refractivity contribution is -0.0278. The van der Waals surface area contributed by atoms with E-state index in [9.17, 15) is 9.90 Å². The van der Waals surface area contributed by atoms with Crippen molar-refractivity contribution < 1.29 is 14.3 Å². The van der Waals surface area contributed by atoms with Gasteiger partial charge in [-0.15, -0.1) is 11.3 Å². The normalized spacial score (nSPS) is 15.9. The monoisotopic (exact) mass is 498 g/mol. The molecule has 3 aromatic heterocycles. The first-order valence-corrected chi connectivity index (χ1v) is 12.9. The summed E-state index contributed by atoms with van der Waals surface area (Å²) in [6.45, 7) is 2.70. The molecule has 7 nitrogen and oxygen atoms in total. The highest BCUT2D eigenvalue weighted by Crippen LogP contribution is 2.35. The van der Waals surface area contributed by atoms with Crippen LogP contribution in [0.3, 0.4) is 0 Å². The van der Waals surface area contributed by atoms with E-state index in [-0.39, 0.29) is 11.7 Å². The molecule has 182 valence electrons. The van der Waals surface area contributed by atoms with Gasteiger partial charge in [0.1, 0.15) is 10.6 Å². The predicted octanol–water partition coefficient (Wildman–Crippen LogP) is 4.85. The van der Waals surface area contributed by atoms with Crippen molar-refractivity contribution in [1.29, 1.82) is 0 Å². The quantitative estimate of drug-likeness (QED) is 0.348. The lowest BCUT2D eigenvalue weighted by Gasteiger charge is -2.38. The molecule has 0 bridgehead atoms. The topological polar surface area (TPSA) is 91.5 Å². The number of carbonyl (C=O) groups excluding carboxylic acids is 1. The van der Waals surface area contributed by atoms with Gasteiger partial charge >= 0.3 is 0 Å². The number of hydrogen-bond acceptors (Lipinski definition) is 7. The standard InChI is InChI=1S/C28H26N4O3S/c33-27(30-17-26-31-22-6-1-2-7-25(22)36-26)24-16-19-15-20(8-9-23(19)35-24)28(34)10-13-32(14-11-28)18-21-5-3-4-12-29-21/h1-9,12,15-16,34H,10-11,13-14,17-18H2,(H,30,33). The number of nitrogens with one attached hydrogen (secondary N) is 1. The number of pyridine rings is 1. The Balaban J connectivity index is 1.12. The molecule has 6 rings (SSSR count). The van der Waals surface area contributed by atoms with Crippen molar-refractivity contribution in [1.82, 2.24) is 20.2 Å². The number of para-hydroxylation sites is 1. The van der Waals surface area contributed by atoms with E-state index in [2.05, 4.69) is 20.2 Å². The summed E-state index contributed by atoms with van der Waals surface area (Å²) in [7, 11) is 0. The third kappa shape index (κ3) is 4.63. The van der Waals surface area contributed by atoms with Gasteiger partial charge in [-0.1, -0.05) is 24.3 Å². The summed E-state index contributed by atoms with van der Waals surface area (Å²) in [6.07, 6.45) is 3.09. The number of benzene rings is 2. The van der Waals surface area contributed by atoms with Gasteiger partial charge in [0.25, 0.3) is 5.91 Å². The summed E-state index contributed by atoms with van der Waals surface area (Å²) >= 11 is 1.57. The molecule has 1 saturated heterocycles. The zero-order chi connectivity index (χ0) is 24.5. The Morgan fingerprint density at radius 2 is 1.92 bits per heavy atom. The van der Waals surface area contributed by atoms with Crippen LogP contribution in [0.5, 0.6) is 0 Å². The molecule has 36 heavy (non-hydrogen) atoms. The second-order valence-corrected chi connectivity index (χ2v) is 10.4. The van der Waals surface area contributed by atoms with Gasteiger partial charge in [-0.3, -0.25) is 14.7 Å². The molecular formula is C28H26N4O3S. The third-order valence-corrected chi connectivity index (χ3v) is 7.85. The minimum absolute atomic E-state index is 0.250. The second-order valence-electron chi connectivity index (χ2n) is 9.25. The summed E-state index contributed by atoms with van der Waals surface area (Å²) in [4.78, 5) is 24.0. The van der Waals surface area contributed by atoms with Gasteiger partial charge in [0, 0.05) is 31.2 Å². The summed E-state index contributed by atoms with van der Waals surface area (Å²) in [6, 6.07) is 21.3. The molecule has 0 atom stereocenters. The van der Waals surface area contributed by atoms with E-state index in [1.807, 2.05) is 66.9 Å². The van der Waals surface area contributed by atoms with E-state index in [1.54, 1.807) is 17.4 Å². The van der Waals surface area contributed by atoms with Crippen LogP contribution in [0.25, 0.3) is 21.2 Å². The summed E-state index contributed by atoms with van der Waals surface area (Å²) in [5, 5.41) is 16.0. The number of aromatic nitrogens is 2. The maximum absolute atomic E-state index is 12.8. The fourth-order valence-electron chi connectivity index (χ4n) is 4.77. The maximum Gasteiger partial charge on any atom is 0.287 e. The van der Waals surface area contributed by atoms with Crippen LogP contribution in [0.1, 0.15) is 39.7 Å². The number of amides is 1. The van der Waals surface area contributed by atoms with Crippen LogP contribution in [0, 0.1) is 0 Å². The first-order chi connectivity index (χ1) is 17.6. The fraction of sp³-hybridized carbons (Fsp3) is 0.250. The highest BCUT2D eigenvalue weighted by atomic mass is 32.1. The number of likely N-dealkylation sites (tertiary alicyclic amines) is 1. The Hall–Kier alpha value is -3.59. The Kier molecular flexibility index (Phi) is 6.00. The molecular weight excluding hydrogens is 472 g/mol. The van der Waals surface area contributed by atoms with E-state index >= 15 is 0 Å². The van der Waals surface area contributed by atoms with Gasteiger partial charge < -0.3 is 14.8 Å². The molecule has 0 unspecified atom stereocenters. The third-order valence-electron chi connectivity index (χ3n) is 6.81. The van der Waals surface area contributed by atoms with Crippen LogP contribution in [0.4, 0.5) is 0 Å². The summed E-state index contributed by atoms with van der Waals surface area (Å²) in [5.74, 6) is -0.0334. The van der Waals surface area contributed by atoms with Crippen molar-refractivity contribution in [2.45, 2.75) is 31.5 Å². The number of hydrogen-bond donors (Lipinski definition) is 2. The number of furan rings is 1. The Morgan fingerprint density at radius 3 is 2.72 bits per heavy atom. The minimum atomic E-state index is -0.901. The molecule has 5 aromatic rings. The zero-order valence-electron chi connectivity index (χ0n) is 19.7. The Morgan fingerprint density at radius 1 is 1.08 bits per heavy atom. The molecule has 1 aliphatic heterocycles. The number of nitrogens with zero attached hydrogens (tertiary/aromatic N) is 3. The zero-order valence-corrected chi connectivity index (χ0v) is 20.5. The van der Waals surface area contributed by atoms with Crippen LogP contribution in [0.2, 0.25) is 0 Å². The van der Waals surface area contributed by atoms with Gasteiger partial charge in [0.15, 0.2) is 5.76 Å². The molecule has 0 saturated carbocycles. The molecule has 0 aliphatic carbocycles. The van der Waals surface area contributed by atoms with E-state index in [4.69, 9.17) is 4.42 Å². The van der Waals surface area contributed by atoms with Gasteiger partial charge in [-0.25, -0.2) is 4.98 Å². The van der Waals surface area contributed by atoms with Gasteiger partial charge in [0.05, 0.1) is 28.1 Å². The largest absolute Gasteiger partial charge is 0.451 e. The summed E-state index contributed by atoms with van der Waals surface area (Å²) < 4.78 is 6.91. The van der Waals surface area contributed by atoms with Crippen LogP contribution in [-0.2, 0) is 18.7 Å². The van der Waals surface area contributed by atoms with Gasteiger partial charge in [-0.2, -0.15) is 0 Å². The number of thiazole rings is 1. The molecule has 2 N–H and O–H groups in total. The predicted molar refractivity (Wildman–Crippen MR) is 140 cm³/mol. The smallest absolute Gasteiger partial charge is 0.287 e. The lowest BCUT2D eigenvalue weighted by Crippen LogP contribution is -2.42. The van der Waals surface area contributed by atoms with Crippen LogP contribution in [-0.4, -0.2) is 39.0 Å². The average molecular weight is 499 g/mol. The average Bonchev–Trinajstić information content (AvgIpc) is 3.53. The van der Waals surface area contributed by atoms with Crippen molar-refractivity contribution >= 4 is 38.4 Å². The van der Waals surface area contributed by atoms with Crippen molar-refractivity contribution in [2.75, 3.05) is 13.1 Å². The molecule has 2 aromatic carbocycles. The number of fused-ring (bicyclic) bond motifs is 2. The van der Waals surface area contributed by atoms with E-state index in [1.165, 1.54) is 0 Å². The minimum Gasteiger partial charge on any atom is -0.451 e. The Labute approximate surface area is 212 Å². The van der Waals surface area contributed by atoms with Crippen molar-refractivity contribution in [3.8, 4) is 0 Å². The summed E-state index contributed by atoms with van der Waals surface area (Å²) in [5.41, 5.74) is 2.55. The van der Waals surface area contributed by atoms with Crippen molar-refractivity contribution in [3.63, 3.8) is 0 Å². The Bertz CT molecular complexity index is 1490.